The number of hydrogen-bond donors (Lipinski definition) is 0. The molecule has 0 aliphatic carbocycles. The zero-order valence-electron chi connectivity index (χ0n) is 81.2. The molecule has 1 unspecified atom stereocenters. The van der Waals surface area contributed by atoms with Crippen LogP contribution in [0.3, 0.4) is 0 Å². The fraction of sp³-hybridized carbons (Fsp3) is 0.913. The second kappa shape index (κ2) is 105. The van der Waals surface area contributed by atoms with E-state index in [-0.39, 0.29) is 5.41 Å². The molecule has 0 aromatic heterocycles. The molecule has 0 nitrogen and oxygen atoms in total. The fourth-order valence-corrected chi connectivity index (χ4v) is 18.7. The lowest BCUT2D eigenvalue weighted by Gasteiger charge is -2.30. The maximum atomic E-state index is 2.79. The van der Waals surface area contributed by atoms with E-state index in [1.54, 1.807) is 5.57 Å². The van der Waals surface area contributed by atoms with E-state index in [0.717, 1.165) is 0 Å². The molecule has 0 fully saturated rings. The van der Waals surface area contributed by atoms with Crippen LogP contribution in [0, 0.1) is 5.41 Å². The average Bonchev–Trinajstić information content (AvgIpc) is 0.825. The largest absolute Gasteiger partial charge is 0.0873 e. The van der Waals surface area contributed by atoms with Crippen LogP contribution in [0.5, 0.6) is 0 Å². The molecule has 0 rings (SSSR count). The van der Waals surface area contributed by atoms with E-state index in [4.69, 9.17) is 0 Å². The van der Waals surface area contributed by atoms with Crippen molar-refractivity contribution in [3.63, 3.8) is 0 Å². The minimum atomic E-state index is -0.0429. The molecule has 0 heteroatoms. The summed E-state index contributed by atoms with van der Waals surface area (Å²) in [5.74, 6) is 0. The molecule has 0 heterocycles. The third-order valence-electron chi connectivity index (χ3n) is 26.9. The molecule has 0 aliphatic rings. The molecule has 0 aromatic carbocycles. The standard InChI is InChI=1S/C115H222/c1-6-11-16-21-26-31-36-41-46-51-55-59-61-65-69-73-78-83-88-93-98-103-108-113-115(111-106-101-96-91-86-81-76-50-45-40-35-30-25-20-15-10-5,112-107-102-97-92-87-82-77-72-68-64-60-56-52-47-42-37-32-27-22-17-12-7-2)114(109-104-99-94-89-84-79-74-70-66-62-57-53-48-43-38-33-28-23-18-13-8-3)110-105-100-95-90-85-80-75-71-67-63-58-54-49-44-39-34-29-24-19-14-9-4/h99,104-105,107-110,112-113H,6-98,100-103,106,111H2,1-5H3. The van der Waals surface area contributed by atoms with E-state index >= 15 is 0 Å². The summed E-state index contributed by atoms with van der Waals surface area (Å²) < 4.78 is 0. The lowest BCUT2D eigenvalue weighted by molar-refractivity contribution is 0.476. The van der Waals surface area contributed by atoms with Crippen molar-refractivity contribution in [2.45, 2.75) is 670 Å². The quantitative estimate of drug-likeness (QED) is 0.0323. The van der Waals surface area contributed by atoms with Crippen LogP contribution in [0.25, 0.3) is 0 Å². The molecule has 115 heavy (non-hydrogen) atoms. The van der Waals surface area contributed by atoms with Crippen molar-refractivity contribution in [1.82, 2.24) is 0 Å². The lowest BCUT2D eigenvalue weighted by Crippen LogP contribution is -2.18. The van der Waals surface area contributed by atoms with Gasteiger partial charge in [-0.05, 0) is 63.4 Å². The van der Waals surface area contributed by atoms with Gasteiger partial charge in [-0.3, -0.25) is 0 Å². The van der Waals surface area contributed by atoms with Crippen molar-refractivity contribution >= 4 is 0 Å². The van der Waals surface area contributed by atoms with Crippen molar-refractivity contribution in [2.24, 2.45) is 5.41 Å². The van der Waals surface area contributed by atoms with E-state index in [9.17, 15) is 0 Å². The van der Waals surface area contributed by atoms with Gasteiger partial charge in [0, 0.05) is 5.41 Å². The highest BCUT2D eigenvalue weighted by molar-refractivity contribution is 5.39. The summed E-state index contributed by atoms with van der Waals surface area (Å²) in [4.78, 5) is 0. The zero-order chi connectivity index (χ0) is 82.4. The van der Waals surface area contributed by atoms with Crippen LogP contribution in [0.1, 0.15) is 670 Å². The summed E-state index contributed by atoms with van der Waals surface area (Å²) in [7, 11) is 0. The maximum Gasteiger partial charge on any atom is 0.0311 e. The minimum Gasteiger partial charge on any atom is -0.0873 e. The first kappa shape index (κ1) is 114. The van der Waals surface area contributed by atoms with Crippen LogP contribution in [0.2, 0.25) is 0 Å². The van der Waals surface area contributed by atoms with Gasteiger partial charge in [-0.25, -0.2) is 0 Å². The number of unbranched alkanes of at least 4 members (excludes halogenated alkanes) is 93. The van der Waals surface area contributed by atoms with Gasteiger partial charge in [0.15, 0.2) is 0 Å². The topological polar surface area (TPSA) is 0 Å². The SMILES string of the molecule is CCCCCCCCCCCCCCCCCCCCC=CC=C(C=CCCCCCCCCCCCCCCCCCCCCC)C(C=CCCCCCCCCCCCCCCCCCCCCCC)(C=CCCCCCCCCCCCCCCCCCCCCCCC)CCCCCCCCCCCCCCCCCC. The van der Waals surface area contributed by atoms with Crippen LogP contribution in [0.15, 0.2) is 60.3 Å². The first-order valence-corrected chi connectivity index (χ1v) is 55.6. The molecule has 0 spiro atoms. The van der Waals surface area contributed by atoms with E-state index < -0.39 is 0 Å². The molecule has 0 aliphatic heterocycles. The monoisotopic (exact) mass is 1600 g/mol. The van der Waals surface area contributed by atoms with Crippen LogP contribution in [-0.2, 0) is 0 Å². The van der Waals surface area contributed by atoms with E-state index in [0.29, 0.717) is 0 Å². The summed E-state index contributed by atoms with van der Waals surface area (Å²) in [5, 5.41) is 0. The molecule has 0 bridgehead atoms. The van der Waals surface area contributed by atoms with Crippen molar-refractivity contribution in [1.29, 1.82) is 0 Å². The Labute approximate surface area is 731 Å². The Morgan fingerprint density at radius 1 is 0.148 bits per heavy atom. The Bertz CT molecular complexity index is 1840. The number of hydrogen-bond acceptors (Lipinski definition) is 0. The molecule has 0 saturated carbocycles. The van der Waals surface area contributed by atoms with Gasteiger partial charge < -0.3 is 0 Å². The lowest BCUT2D eigenvalue weighted by atomic mass is 9.74. The highest BCUT2D eigenvalue weighted by atomic mass is 14.3. The van der Waals surface area contributed by atoms with Gasteiger partial charge in [0.25, 0.3) is 0 Å². The van der Waals surface area contributed by atoms with E-state index in [1.165, 1.54) is 636 Å². The Hall–Kier alpha value is -1.30. The molecule has 0 amide bonds. The average molecular weight is 1610 g/mol. The third kappa shape index (κ3) is 94.8. The Morgan fingerprint density at radius 3 is 0.461 bits per heavy atom. The summed E-state index contributed by atoms with van der Waals surface area (Å²) in [5.41, 5.74) is 1.54. The minimum absolute atomic E-state index is 0.0429. The third-order valence-corrected chi connectivity index (χ3v) is 26.9. The predicted molar refractivity (Wildman–Crippen MR) is 533 cm³/mol. The Kier molecular flexibility index (Phi) is 104. The highest BCUT2D eigenvalue weighted by Crippen LogP contribution is 2.40. The normalized spacial score (nSPS) is 12.9. The molecular formula is C115H222. The first-order valence-electron chi connectivity index (χ1n) is 55.6. The van der Waals surface area contributed by atoms with Crippen molar-refractivity contribution in [3.05, 3.63) is 60.3 Å². The van der Waals surface area contributed by atoms with Crippen LogP contribution in [0.4, 0.5) is 0 Å². The second-order valence-electron chi connectivity index (χ2n) is 38.7. The van der Waals surface area contributed by atoms with Crippen molar-refractivity contribution in [2.75, 3.05) is 0 Å². The Morgan fingerprint density at radius 2 is 0.287 bits per heavy atom. The summed E-state index contributed by atoms with van der Waals surface area (Å²) >= 11 is 0. The molecule has 1 atom stereocenters. The van der Waals surface area contributed by atoms with Gasteiger partial charge in [0.2, 0.25) is 0 Å². The van der Waals surface area contributed by atoms with Crippen LogP contribution >= 0.6 is 0 Å². The maximum absolute atomic E-state index is 2.79. The van der Waals surface area contributed by atoms with Crippen molar-refractivity contribution < 1.29 is 0 Å². The van der Waals surface area contributed by atoms with Gasteiger partial charge in [-0.15, -0.1) is 0 Å². The second-order valence-corrected chi connectivity index (χ2v) is 38.7. The summed E-state index contributed by atoms with van der Waals surface area (Å²) in [6.45, 7) is 11.7. The number of rotatable bonds is 104. The molecule has 0 N–H and O–H groups in total. The van der Waals surface area contributed by atoms with Crippen LogP contribution < -0.4 is 0 Å². The highest BCUT2D eigenvalue weighted by Gasteiger charge is 2.27. The van der Waals surface area contributed by atoms with E-state index in [1.807, 2.05) is 0 Å². The summed E-state index contributed by atoms with van der Waals surface area (Å²) in [6, 6.07) is 0. The van der Waals surface area contributed by atoms with Gasteiger partial charge >= 0.3 is 0 Å². The zero-order valence-corrected chi connectivity index (χ0v) is 81.2. The van der Waals surface area contributed by atoms with Gasteiger partial charge in [-0.2, -0.15) is 0 Å². The first-order chi connectivity index (χ1) is 57.2. The van der Waals surface area contributed by atoms with E-state index in [2.05, 4.69) is 89.3 Å². The van der Waals surface area contributed by atoms with Gasteiger partial charge in [0.05, 0.1) is 0 Å². The van der Waals surface area contributed by atoms with Crippen LogP contribution in [-0.4, -0.2) is 0 Å². The number of allylic oxidation sites excluding steroid dienone is 10. The Balaban J connectivity index is 6.21. The summed E-state index contributed by atoms with van der Waals surface area (Å²) in [6.07, 6.45) is 166. The van der Waals surface area contributed by atoms with Gasteiger partial charge in [-0.1, -0.05) is 667 Å². The predicted octanol–water partition coefficient (Wildman–Crippen LogP) is 43.8. The smallest absolute Gasteiger partial charge is 0.0311 e. The molecule has 0 saturated heterocycles. The molecule has 0 radical (unpaired) electrons. The fourth-order valence-electron chi connectivity index (χ4n) is 18.7. The van der Waals surface area contributed by atoms with Crippen molar-refractivity contribution in [3.8, 4) is 0 Å². The van der Waals surface area contributed by atoms with Gasteiger partial charge in [0.1, 0.15) is 0 Å². The molecule has 0 aromatic rings. The molecular weight excluding hydrogens is 1380 g/mol. The molecule has 682 valence electrons.